The van der Waals surface area contributed by atoms with Crippen LogP contribution in [0.4, 0.5) is 5.69 Å². The molecule has 0 heterocycles. The Bertz CT molecular complexity index is 962. The first kappa shape index (κ1) is 25.4. The number of carboxylic acid groups (broad SMARTS) is 1. The number of aromatic carboxylic acids is 1. The van der Waals surface area contributed by atoms with E-state index in [1.807, 2.05) is 13.0 Å². The molecule has 2 N–H and O–H groups in total. The Morgan fingerprint density at radius 3 is 2.19 bits per heavy atom. The fourth-order valence-electron chi connectivity index (χ4n) is 3.41. The molecule has 0 fully saturated rings. The third-order valence-corrected chi connectivity index (χ3v) is 6.57. The van der Waals surface area contributed by atoms with Crippen molar-refractivity contribution in [1.82, 2.24) is 0 Å². The highest BCUT2D eigenvalue weighted by Gasteiger charge is 2.29. The number of hydrogen-bond donors (Lipinski definition) is 2. The Labute approximate surface area is 192 Å². The lowest BCUT2D eigenvalue weighted by atomic mass is 9.76. The summed E-state index contributed by atoms with van der Waals surface area (Å²) in [6, 6.07) is 12.5. The minimum Gasteiger partial charge on any atom is -0.480 e. The van der Waals surface area contributed by atoms with Gasteiger partial charge in [-0.1, -0.05) is 66.7 Å². The first-order valence-corrected chi connectivity index (χ1v) is 11.4. The van der Waals surface area contributed by atoms with E-state index in [-0.39, 0.29) is 22.3 Å². The Hall–Kier alpha value is -2.82. The molecule has 5 heteroatoms. The lowest BCUT2D eigenvalue weighted by Crippen LogP contribution is -2.33. The highest BCUT2D eigenvalue weighted by molar-refractivity contribution is 5.96. The highest BCUT2D eigenvalue weighted by Crippen LogP contribution is 2.39. The van der Waals surface area contributed by atoms with Gasteiger partial charge in [0.25, 0.3) is 5.91 Å². The molecular weight excluding hydrogens is 402 g/mol. The average Bonchev–Trinajstić information content (AvgIpc) is 2.77. The number of carbonyl (C=O) groups excluding carboxylic acids is 1. The number of anilines is 1. The van der Waals surface area contributed by atoms with Crippen LogP contribution in [0.1, 0.15) is 89.2 Å². The Morgan fingerprint density at radius 1 is 0.969 bits per heavy atom. The molecule has 2 rings (SSSR count). The highest BCUT2D eigenvalue weighted by atomic mass is 16.5. The van der Waals surface area contributed by atoms with Gasteiger partial charge >= 0.3 is 5.97 Å². The number of carboxylic acids is 1. The minimum atomic E-state index is -1.04. The molecule has 2 aromatic rings. The topological polar surface area (TPSA) is 75.6 Å². The summed E-state index contributed by atoms with van der Waals surface area (Å²) in [6.45, 7) is 15.1. The van der Waals surface area contributed by atoms with Crippen molar-refractivity contribution in [3.63, 3.8) is 0 Å². The van der Waals surface area contributed by atoms with Crippen molar-refractivity contribution < 1.29 is 19.4 Å². The zero-order valence-electron chi connectivity index (χ0n) is 20.4. The molecule has 1 atom stereocenters. The van der Waals surface area contributed by atoms with Gasteiger partial charge < -0.3 is 15.2 Å². The zero-order chi connectivity index (χ0) is 24.1. The molecule has 1 amide bonds. The van der Waals surface area contributed by atoms with E-state index in [2.05, 4.69) is 59.0 Å². The van der Waals surface area contributed by atoms with Crippen molar-refractivity contribution >= 4 is 17.6 Å². The standard InChI is InChI=1S/C27H37NO4/c1-8-22(24(29)28-20-13-11-12-18(16-20)25(30)31)32-23-15-14-19(26(4,5)9-2)17-21(23)27(6,7)10-3/h11-17,22H,8-10H2,1-7H3,(H,28,29)(H,30,31). The maximum Gasteiger partial charge on any atom is 0.335 e. The van der Waals surface area contributed by atoms with Crippen molar-refractivity contribution in [1.29, 1.82) is 0 Å². The largest absolute Gasteiger partial charge is 0.480 e. The van der Waals surface area contributed by atoms with Crippen LogP contribution >= 0.6 is 0 Å². The Morgan fingerprint density at radius 2 is 1.62 bits per heavy atom. The molecule has 0 aliphatic heterocycles. The van der Waals surface area contributed by atoms with Crippen LogP contribution in [0.3, 0.4) is 0 Å². The SMILES string of the molecule is CCC(Oc1ccc(C(C)(C)CC)cc1C(C)(C)CC)C(=O)Nc1cccc(C(=O)O)c1. The fraction of sp³-hybridized carbons (Fsp3) is 0.481. The number of rotatable bonds is 10. The van der Waals surface area contributed by atoms with Gasteiger partial charge in [-0.05, 0) is 59.9 Å². The van der Waals surface area contributed by atoms with E-state index >= 15 is 0 Å². The first-order valence-electron chi connectivity index (χ1n) is 11.4. The summed E-state index contributed by atoms with van der Waals surface area (Å²) >= 11 is 0. The van der Waals surface area contributed by atoms with Gasteiger partial charge in [-0.25, -0.2) is 4.79 Å². The van der Waals surface area contributed by atoms with Crippen LogP contribution in [0, 0.1) is 0 Å². The van der Waals surface area contributed by atoms with Crippen LogP contribution in [0.25, 0.3) is 0 Å². The molecule has 32 heavy (non-hydrogen) atoms. The lowest BCUT2D eigenvalue weighted by Gasteiger charge is -2.31. The van der Waals surface area contributed by atoms with Crippen molar-refractivity contribution in [2.75, 3.05) is 5.32 Å². The third kappa shape index (κ3) is 5.90. The van der Waals surface area contributed by atoms with Gasteiger partial charge in [0.1, 0.15) is 5.75 Å². The maximum absolute atomic E-state index is 12.9. The number of amides is 1. The summed E-state index contributed by atoms with van der Waals surface area (Å²) < 4.78 is 6.27. The summed E-state index contributed by atoms with van der Waals surface area (Å²) in [4.78, 5) is 24.2. The molecule has 0 saturated carbocycles. The van der Waals surface area contributed by atoms with Crippen LogP contribution in [0.5, 0.6) is 5.75 Å². The molecule has 0 aliphatic rings. The Balaban J connectivity index is 2.34. The summed E-state index contributed by atoms with van der Waals surface area (Å²) in [5, 5.41) is 12.0. The van der Waals surface area contributed by atoms with Gasteiger partial charge in [0.2, 0.25) is 0 Å². The molecule has 0 radical (unpaired) electrons. The van der Waals surface area contributed by atoms with E-state index in [1.165, 1.54) is 17.7 Å². The minimum absolute atomic E-state index is 0.0494. The van der Waals surface area contributed by atoms with Crippen LogP contribution in [-0.2, 0) is 15.6 Å². The Kier molecular flexibility index (Phi) is 8.11. The number of benzene rings is 2. The molecule has 0 bridgehead atoms. The van der Waals surface area contributed by atoms with Crippen molar-refractivity contribution in [2.24, 2.45) is 0 Å². The van der Waals surface area contributed by atoms with E-state index in [4.69, 9.17) is 4.74 Å². The molecule has 2 aromatic carbocycles. The predicted molar refractivity (Wildman–Crippen MR) is 130 cm³/mol. The molecular formula is C27H37NO4. The van der Waals surface area contributed by atoms with Crippen LogP contribution in [-0.4, -0.2) is 23.1 Å². The van der Waals surface area contributed by atoms with Gasteiger partial charge in [0.05, 0.1) is 5.56 Å². The molecule has 0 aliphatic carbocycles. The van der Waals surface area contributed by atoms with Crippen LogP contribution < -0.4 is 10.1 Å². The summed E-state index contributed by atoms with van der Waals surface area (Å²) in [6.07, 6.45) is 1.75. The normalized spacial score (nSPS) is 12.8. The smallest absolute Gasteiger partial charge is 0.335 e. The van der Waals surface area contributed by atoms with E-state index < -0.39 is 12.1 Å². The number of ether oxygens (including phenoxy) is 1. The number of carbonyl (C=O) groups is 2. The van der Waals surface area contributed by atoms with Gasteiger partial charge in [0.15, 0.2) is 6.10 Å². The van der Waals surface area contributed by atoms with E-state index in [0.29, 0.717) is 17.9 Å². The number of nitrogens with one attached hydrogen (secondary N) is 1. The van der Waals surface area contributed by atoms with Gasteiger partial charge in [0, 0.05) is 11.3 Å². The van der Waals surface area contributed by atoms with Crippen LogP contribution in [0.15, 0.2) is 42.5 Å². The lowest BCUT2D eigenvalue weighted by molar-refractivity contribution is -0.122. The van der Waals surface area contributed by atoms with E-state index in [0.717, 1.165) is 18.4 Å². The van der Waals surface area contributed by atoms with E-state index in [1.54, 1.807) is 12.1 Å². The second kappa shape index (κ2) is 10.2. The third-order valence-electron chi connectivity index (χ3n) is 6.57. The van der Waals surface area contributed by atoms with Gasteiger partial charge in [-0.15, -0.1) is 0 Å². The molecule has 5 nitrogen and oxygen atoms in total. The zero-order valence-corrected chi connectivity index (χ0v) is 20.4. The number of hydrogen-bond acceptors (Lipinski definition) is 3. The predicted octanol–water partition coefficient (Wildman–Crippen LogP) is 6.56. The molecule has 174 valence electrons. The summed E-state index contributed by atoms with van der Waals surface area (Å²) in [7, 11) is 0. The fourth-order valence-corrected chi connectivity index (χ4v) is 3.41. The van der Waals surface area contributed by atoms with Crippen molar-refractivity contribution in [3.8, 4) is 5.75 Å². The second-order valence-electron chi connectivity index (χ2n) is 9.58. The first-order chi connectivity index (χ1) is 14.9. The van der Waals surface area contributed by atoms with Crippen LogP contribution in [0.2, 0.25) is 0 Å². The molecule has 0 spiro atoms. The average molecular weight is 440 g/mol. The summed E-state index contributed by atoms with van der Waals surface area (Å²) in [5.74, 6) is -0.618. The monoisotopic (exact) mass is 439 g/mol. The molecule has 1 unspecified atom stereocenters. The van der Waals surface area contributed by atoms with Gasteiger partial charge in [-0.3, -0.25) is 4.79 Å². The van der Waals surface area contributed by atoms with Gasteiger partial charge in [-0.2, -0.15) is 0 Å². The van der Waals surface area contributed by atoms with E-state index in [9.17, 15) is 14.7 Å². The summed E-state index contributed by atoms with van der Waals surface area (Å²) in [5.41, 5.74) is 2.85. The van der Waals surface area contributed by atoms with Crippen molar-refractivity contribution in [2.45, 2.75) is 84.7 Å². The molecule has 0 saturated heterocycles. The molecule has 0 aromatic heterocycles. The quantitative estimate of drug-likeness (QED) is 0.440. The maximum atomic E-state index is 12.9. The van der Waals surface area contributed by atoms with Crippen molar-refractivity contribution in [3.05, 3.63) is 59.2 Å². The second-order valence-corrected chi connectivity index (χ2v) is 9.58.